The van der Waals surface area contributed by atoms with Gasteiger partial charge in [0.2, 0.25) is 0 Å². The lowest BCUT2D eigenvalue weighted by molar-refractivity contribution is -0.167. The van der Waals surface area contributed by atoms with Gasteiger partial charge in [0, 0.05) is 19.3 Å². The van der Waals surface area contributed by atoms with Crippen LogP contribution in [0.2, 0.25) is 0 Å². The van der Waals surface area contributed by atoms with Crippen molar-refractivity contribution in [3.8, 4) is 0 Å². The second-order valence-corrected chi connectivity index (χ2v) is 20.2. The lowest BCUT2D eigenvalue weighted by atomic mass is 10.0. The van der Waals surface area contributed by atoms with Crippen LogP contribution < -0.4 is 0 Å². The highest BCUT2D eigenvalue weighted by Crippen LogP contribution is 2.17. The summed E-state index contributed by atoms with van der Waals surface area (Å²) in [7, 11) is 0. The number of rotatable bonds is 55. The number of esters is 3. The molecule has 0 rings (SSSR count). The van der Waals surface area contributed by atoms with Crippen molar-refractivity contribution >= 4 is 17.9 Å². The first kappa shape index (κ1) is 67.8. The molecule has 6 nitrogen and oxygen atoms in total. The molecule has 6 heteroatoms. The fraction of sp³-hybridized carbons (Fsp3) is 0.769. The van der Waals surface area contributed by atoms with Crippen LogP contribution in [-0.4, -0.2) is 37.2 Å². The van der Waals surface area contributed by atoms with Gasteiger partial charge >= 0.3 is 17.9 Å². The van der Waals surface area contributed by atoms with Crippen LogP contribution in [0.4, 0.5) is 0 Å². The van der Waals surface area contributed by atoms with E-state index in [0.29, 0.717) is 19.3 Å². The van der Waals surface area contributed by atoms with Crippen molar-refractivity contribution in [3.05, 3.63) is 72.9 Å². The van der Waals surface area contributed by atoms with Gasteiger partial charge in [-0.15, -0.1) is 0 Å². The molecule has 0 saturated carbocycles. The molecular formula is C65H114O6. The van der Waals surface area contributed by atoms with Gasteiger partial charge < -0.3 is 14.2 Å². The molecule has 0 heterocycles. The Labute approximate surface area is 440 Å². The second kappa shape index (κ2) is 59.4. The summed E-state index contributed by atoms with van der Waals surface area (Å²) < 4.78 is 16.8. The Hall–Kier alpha value is -3.15. The van der Waals surface area contributed by atoms with E-state index in [0.717, 1.165) is 77.0 Å². The Kier molecular flexibility index (Phi) is 56.8. The van der Waals surface area contributed by atoms with Gasteiger partial charge in [-0.25, -0.2) is 0 Å². The van der Waals surface area contributed by atoms with Crippen molar-refractivity contribution in [3.63, 3.8) is 0 Å². The van der Waals surface area contributed by atoms with Crippen LogP contribution >= 0.6 is 0 Å². The molecule has 410 valence electrons. The Morgan fingerprint density at radius 3 is 0.930 bits per heavy atom. The van der Waals surface area contributed by atoms with Crippen LogP contribution in [0, 0.1) is 0 Å². The molecule has 0 saturated heterocycles. The molecule has 0 fully saturated rings. The molecule has 0 unspecified atom stereocenters. The number of allylic oxidation sites excluding steroid dienone is 12. The van der Waals surface area contributed by atoms with E-state index in [9.17, 15) is 14.4 Å². The van der Waals surface area contributed by atoms with Crippen molar-refractivity contribution in [2.75, 3.05) is 13.2 Å². The summed E-state index contributed by atoms with van der Waals surface area (Å²) in [5.41, 5.74) is 0. The molecule has 0 aliphatic rings. The highest BCUT2D eigenvalue weighted by molar-refractivity contribution is 5.71. The van der Waals surface area contributed by atoms with Crippen molar-refractivity contribution in [1.82, 2.24) is 0 Å². The van der Waals surface area contributed by atoms with Crippen LogP contribution in [0.5, 0.6) is 0 Å². The monoisotopic (exact) mass is 991 g/mol. The minimum Gasteiger partial charge on any atom is -0.462 e. The molecular weight excluding hydrogens is 877 g/mol. The zero-order valence-corrected chi connectivity index (χ0v) is 47.0. The summed E-state index contributed by atoms with van der Waals surface area (Å²) in [5, 5.41) is 0. The van der Waals surface area contributed by atoms with Gasteiger partial charge in [0.25, 0.3) is 0 Å². The van der Waals surface area contributed by atoms with Crippen LogP contribution in [0.25, 0.3) is 0 Å². The number of unbranched alkanes of at least 4 members (excludes halogenated alkanes) is 32. The Morgan fingerprint density at radius 1 is 0.296 bits per heavy atom. The number of hydrogen-bond acceptors (Lipinski definition) is 6. The van der Waals surface area contributed by atoms with Gasteiger partial charge in [0.1, 0.15) is 13.2 Å². The summed E-state index contributed by atoms with van der Waals surface area (Å²) in [6.07, 6.45) is 76.2. The topological polar surface area (TPSA) is 78.9 Å². The predicted octanol–water partition coefficient (Wildman–Crippen LogP) is 20.5. The summed E-state index contributed by atoms with van der Waals surface area (Å²) in [5.74, 6) is -0.947. The summed E-state index contributed by atoms with van der Waals surface area (Å²) in [6, 6.07) is 0. The Bertz CT molecular complexity index is 1320. The van der Waals surface area contributed by atoms with E-state index >= 15 is 0 Å². The lowest BCUT2D eigenvalue weighted by Crippen LogP contribution is -2.30. The minimum atomic E-state index is -0.806. The number of carbonyl (C=O) groups is 3. The van der Waals surface area contributed by atoms with Crippen LogP contribution in [0.3, 0.4) is 0 Å². The fourth-order valence-electron chi connectivity index (χ4n) is 8.65. The molecule has 0 amide bonds. The van der Waals surface area contributed by atoms with E-state index in [4.69, 9.17) is 14.2 Å². The van der Waals surface area contributed by atoms with Gasteiger partial charge in [-0.05, 0) is 83.5 Å². The number of carbonyl (C=O) groups excluding carboxylic acids is 3. The van der Waals surface area contributed by atoms with Crippen molar-refractivity contribution in [2.24, 2.45) is 0 Å². The van der Waals surface area contributed by atoms with Crippen LogP contribution in [0.1, 0.15) is 303 Å². The smallest absolute Gasteiger partial charge is 0.306 e. The van der Waals surface area contributed by atoms with Gasteiger partial charge in [-0.3, -0.25) is 14.4 Å². The Balaban J connectivity index is 4.40. The molecule has 0 spiro atoms. The summed E-state index contributed by atoms with van der Waals surface area (Å²) >= 11 is 0. The molecule has 1 atom stereocenters. The standard InChI is InChI=1S/C65H114O6/c1-4-7-10-13-16-19-22-25-28-30-31-32-33-35-37-40-43-46-49-52-55-58-64(67)70-61-62(60-69-63(66)57-54-51-48-45-42-39-36-27-24-21-18-15-12-9-6-3)71-65(68)59-56-53-50-47-44-41-38-34-29-26-23-20-17-14-11-8-5-2/h8,11,17,20-21,24,26,29,38,41,47,50,62H,4-7,9-10,12-16,18-19,22-23,25,27-28,30-37,39-40,42-46,48-49,51-61H2,1-3H3/b11-8-,20-17-,24-21-,29-26-,41-38-,50-47-/t62-/m1/s1. The minimum absolute atomic E-state index is 0.0966. The molecule has 0 aromatic carbocycles. The van der Waals surface area contributed by atoms with Crippen molar-refractivity contribution < 1.29 is 28.6 Å². The molecule has 0 aliphatic heterocycles. The Morgan fingerprint density at radius 2 is 0.563 bits per heavy atom. The maximum absolute atomic E-state index is 12.8. The molecule has 0 N–H and O–H groups in total. The molecule has 0 aliphatic carbocycles. The first-order valence-electron chi connectivity index (χ1n) is 30.4. The van der Waals surface area contributed by atoms with Gasteiger partial charge in [0.05, 0.1) is 0 Å². The SMILES string of the molecule is CC/C=C\C/C=C\C/C=C\C/C=C\C/C=C\CCCC(=O)O[C@H](COC(=O)CCCCCCCCC/C=C\CCCCCC)COC(=O)CCCCCCCCCCCCCCCCCCCCCCC. The highest BCUT2D eigenvalue weighted by Gasteiger charge is 2.19. The largest absolute Gasteiger partial charge is 0.462 e. The average Bonchev–Trinajstić information content (AvgIpc) is 3.37. The van der Waals surface area contributed by atoms with E-state index in [-0.39, 0.29) is 37.5 Å². The van der Waals surface area contributed by atoms with Crippen LogP contribution in [0.15, 0.2) is 72.9 Å². The molecule has 0 radical (unpaired) electrons. The maximum Gasteiger partial charge on any atom is 0.306 e. The van der Waals surface area contributed by atoms with Crippen molar-refractivity contribution in [2.45, 2.75) is 309 Å². The highest BCUT2D eigenvalue weighted by atomic mass is 16.6. The third kappa shape index (κ3) is 57.6. The number of ether oxygens (including phenoxy) is 3. The average molecular weight is 992 g/mol. The summed E-state index contributed by atoms with van der Waals surface area (Å²) in [6.45, 7) is 6.50. The number of hydrogen-bond donors (Lipinski definition) is 0. The van der Waals surface area contributed by atoms with Gasteiger partial charge in [0.15, 0.2) is 6.10 Å². The quantitative estimate of drug-likeness (QED) is 0.0261. The van der Waals surface area contributed by atoms with Gasteiger partial charge in [-0.1, -0.05) is 273 Å². The van der Waals surface area contributed by atoms with Crippen molar-refractivity contribution in [1.29, 1.82) is 0 Å². The van der Waals surface area contributed by atoms with Crippen LogP contribution in [-0.2, 0) is 28.6 Å². The first-order valence-corrected chi connectivity index (χ1v) is 30.4. The lowest BCUT2D eigenvalue weighted by Gasteiger charge is -2.18. The molecule has 0 aromatic rings. The molecule has 0 aromatic heterocycles. The summed E-state index contributed by atoms with van der Waals surface area (Å²) in [4.78, 5) is 38.2. The van der Waals surface area contributed by atoms with E-state index in [1.54, 1.807) is 0 Å². The zero-order valence-electron chi connectivity index (χ0n) is 47.0. The van der Waals surface area contributed by atoms with E-state index in [1.165, 1.54) is 180 Å². The zero-order chi connectivity index (χ0) is 51.4. The third-order valence-electron chi connectivity index (χ3n) is 13.2. The van der Waals surface area contributed by atoms with E-state index in [2.05, 4.69) is 93.7 Å². The molecule has 0 bridgehead atoms. The maximum atomic E-state index is 12.8. The fourth-order valence-corrected chi connectivity index (χ4v) is 8.65. The third-order valence-corrected chi connectivity index (χ3v) is 13.2. The van der Waals surface area contributed by atoms with E-state index in [1.807, 2.05) is 0 Å². The van der Waals surface area contributed by atoms with Gasteiger partial charge in [-0.2, -0.15) is 0 Å². The first-order chi connectivity index (χ1) is 35.0. The molecule has 71 heavy (non-hydrogen) atoms. The van der Waals surface area contributed by atoms with E-state index < -0.39 is 6.10 Å². The predicted molar refractivity (Wildman–Crippen MR) is 307 cm³/mol. The second-order valence-electron chi connectivity index (χ2n) is 20.2. The normalized spacial score (nSPS) is 12.5.